The fourth-order valence-electron chi connectivity index (χ4n) is 1.19. The standard InChI is InChI=1S/C13H16O2S/c1-3-9-16-12(10-13(14)15-2)11-7-5-4-6-8-11/h4-8,10H,3,9H2,1-2H3/b12-10+. The molecule has 2 nitrogen and oxygen atoms in total. The van der Waals surface area contributed by atoms with Gasteiger partial charge in [0, 0.05) is 11.0 Å². The van der Waals surface area contributed by atoms with Gasteiger partial charge in [0.15, 0.2) is 0 Å². The van der Waals surface area contributed by atoms with E-state index in [2.05, 4.69) is 11.7 Å². The summed E-state index contributed by atoms with van der Waals surface area (Å²) in [4.78, 5) is 12.2. The number of rotatable bonds is 5. The van der Waals surface area contributed by atoms with E-state index in [0.717, 1.165) is 22.6 Å². The van der Waals surface area contributed by atoms with Gasteiger partial charge in [-0.25, -0.2) is 4.79 Å². The maximum atomic E-state index is 11.2. The quantitative estimate of drug-likeness (QED) is 0.579. The molecule has 0 saturated carbocycles. The van der Waals surface area contributed by atoms with Crippen molar-refractivity contribution in [1.29, 1.82) is 0 Å². The van der Waals surface area contributed by atoms with Gasteiger partial charge in [-0.05, 0) is 17.7 Å². The molecule has 1 aromatic carbocycles. The van der Waals surface area contributed by atoms with E-state index in [1.54, 1.807) is 17.8 Å². The van der Waals surface area contributed by atoms with Gasteiger partial charge in [0.05, 0.1) is 7.11 Å². The first-order valence-corrected chi connectivity index (χ1v) is 6.24. The first-order valence-electron chi connectivity index (χ1n) is 5.25. The van der Waals surface area contributed by atoms with Crippen molar-refractivity contribution in [2.45, 2.75) is 13.3 Å². The average molecular weight is 236 g/mol. The fourth-order valence-corrected chi connectivity index (χ4v) is 2.10. The van der Waals surface area contributed by atoms with Crippen molar-refractivity contribution in [3.8, 4) is 0 Å². The first-order chi connectivity index (χ1) is 7.77. The minimum Gasteiger partial charge on any atom is -0.466 e. The second-order valence-electron chi connectivity index (χ2n) is 3.25. The Labute approximate surface area is 101 Å². The van der Waals surface area contributed by atoms with Crippen LogP contribution in [0.3, 0.4) is 0 Å². The van der Waals surface area contributed by atoms with Crippen LogP contribution in [-0.2, 0) is 9.53 Å². The summed E-state index contributed by atoms with van der Waals surface area (Å²) in [7, 11) is 1.39. The summed E-state index contributed by atoms with van der Waals surface area (Å²) in [5.41, 5.74) is 1.06. The van der Waals surface area contributed by atoms with E-state index in [-0.39, 0.29) is 5.97 Å². The largest absolute Gasteiger partial charge is 0.466 e. The molecule has 0 atom stereocenters. The number of methoxy groups -OCH3 is 1. The molecule has 0 saturated heterocycles. The number of benzene rings is 1. The molecule has 0 radical (unpaired) electrons. The van der Waals surface area contributed by atoms with Crippen LogP contribution in [0.15, 0.2) is 36.4 Å². The van der Waals surface area contributed by atoms with Gasteiger partial charge in [-0.3, -0.25) is 0 Å². The number of esters is 1. The van der Waals surface area contributed by atoms with Gasteiger partial charge >= 0.3 is 5.97 Å². The Kier molecular flexibility index (Phi) is 5.72. The van der Waals surface area contributed by atoms with Crippen LogP contribution >= 0.6 is 11.8 Å². The summed E-state index contributed by atoms with van der Waals surface area (Å²) in [5, 5.41) is 0. The smallest absolute Gasteiger partial charge is 0.331 e. The van der Waals surface area contributed by atoms with E-state index >= 15 is 0 Å². The van der Waals surface area contributed by atoms with Gasteiger partial charge in [0.25, 0.3) is 0 Å². The maximum absolute atomic E-state index is 11.2. The third kappa shape index (κ3) is 4.11. The van der Waals surface area contributed by atoms with Crippen LogP contribution in [0.4, 0.5) is 0 Å². The number of hydrogen-bond donors (Lipinski definition) is 0. The molecule has 3 heteroatoms. The van der Waals surface area contributed by atoms with Crippen LogP contribution in [0.5, 0.6) is 0 Å². The molecular formula is C13H16O2S. The van der Waals surface area contributed by atoms with Crippen molar-refractivity contribution >= 4 is 22.6 Å². The number of thioether (sulfide) groups is 1. The molecular weight excluding hydrogens is 220 g/mol. The molecule has 0 heterocycles. The number of hydrogen-bond acceptors (Lipinski definition) is 3. The first kappa shape index (κ1) is 12.8. The van der Waals surface area contributed by atoms with E-state index in [1.165, 1.54) is 7.11 Å². The summed E-state index contributed by atoms with van der Waals surface area (Å²) < 4.78 is 4.65. The Morgan fingerprint density at radius 3 is 2.62 bits per heavy atom. The van der Waals surface area contributed by atoms with Gasteiger partial charge in [-0.1, -0.05) is 37.3 Å². The highest BCUT2D eigenvalue weighted by atomic mass is 32.2. The highest BCUT2D eigenvalue weighted by Crippen LogP contribution is 2.27. The van der Waals surface area contributed by atoms with Crippen molar-refractivity contribution in [3.05, 3.63) is 42.0 Å². The van der Waals surface area contributed by atoms with Crippen molar-refractivity contribution in [1.82, 2.24) is 0 Å². The molecule has 0 aromatic heterocycles. The number of carbonyl (C=O) groups excluding carboxylic acids is 1. The van der Waals surface area contributed by atoms with Gasteiger partial charge in [0.2, 0.25) is 0 Å². The number of carbonyl (C=O) groups is 1. The summed E-state index contributed by atoms with van der Waals surface area (Å²) in [6.07, 6.45) is 2.63. The topological polar surface area (TPSA) is 26.3 Å². The molecule has 0 aliphatic rings. The second kappa shape index (κ2) is 7.12. The molecule has 0 amide bonds. The zero-order valence-electron chi connectivity index (χ0n) is 9.60. The maximum Gasteiger partial charge on any atom is 0.331 e. The van der Waals surface area contributed by atoms with Gasteiger partial charge < -0.3 is 4.74 Å². The molecule has 16 heavy (non-hydrogen) atoms. The SMILES string of the molecule is CCCS/C(=C/C(=O)OC)c1ccccc1. The summed E-state index contributed by atoms with van der Waals surface area (Å²) in [6.45, 7) is 2.12. The summed E-state index contributed by atoms with van der Waals surface area (Å²) in [6, 6.07) is 9.89. The molecule has 1 rings (SSSR count). The lowest BCUT2D eigenvalue weighted by molar-refractivity contribution is -0.134. The van der Waals surface area contributed by atoms with E-state index in [1.807, 2.05) is 30.3 Å². The third-order valence-electron chi connectivity index (χ3n) is 1.97. The average Bonchev–Trinajstić information content (AvgIpc) is 2.35. The van der Waals surface area contributed by atoms with E-state index in [9.17, 15) is 4.79 Å². The molecule has 0 unspecified atom stereocenters. The zero-order chi connectivity index (χ0) is 11.8. The predicted molar refractivity (Wildman–Crippen MR) is 69.2 cm³/mol. The van der Waals surface area contributed by atoms with Crippen molar-refractivity contribution in [2.75, 3.05) is 12.9 Å². The summed E-state index contributed by atoms with van der Waals surface area (Å²) >= 11 is 1.68. The molecule has 0 spiro atoms. The molecule has 1 aromatic rings. The Morgan fingerprint density at radius 2 is 2.06 bits per heavy atom. The second-order valence-corrected chi connectivity index (χ2v) is 4.38. The minimum absolute atomic E-state index is 0.303. The van der Waals surface area contributed by atoms with E-state index in [0.29, 0.717) is 0 Å². The van der Waals surface area contributed by atoms with Crippen LogP contribution in [0, 0.1) is 0 Å². The van der Waals surface area contributed by atoms with Gasteiger partial charge in [0.1, 0.15) is 0 Å². The Bertz CT molecular complexity index is 357. The van der Waals surface area contributed by atoms with Crippen LogP contribution in [0.1, 0.15) is 18.9 Å². The van der Waals surface area contributed by atoms with Gasteiger partial charge in [-0.15, -0.1) is 11.8 Å². The van der Waals surface area contributed by atoms with Crippen LogP contribution in [-0.4, -0.2) is 18.8 Å². The van der Waals surface area contributed by atoms with Crippen LogP contribution in [0.25, 0.3) is 4.91 Å². The van der Waals surface area contributed by atoms with Crippen molar-refractivity contribution in [3.63, 3.8) is 0 Å². The minimum atomic E-state index is -0.303. The fraction of sp³-hybridized carbons (Fsp3) is 0.308. The zero-order valence-corrected chi connectivity index (χ0v) is 10.4. The third-order valence-corrected chi connectivity index (χ3v) is 3.25. The Morgan fingerprint density at radius 1 is 1.38 bits per heavy atom. The van der Waals surface area contributed by atoms with Gasteiger partial charge in [-0.2, -0.15) is 0 Å². The monoisotopic (exact) mass is 236 g/mol. The van der Waals surface area contributed by atoms with Crippen molar-refractivity contribution < 1.29 is 9.53 Å². The van der Waals surface area contributed by atoms with Crippen LogP contribution < -0.4 is 0 Å². The number of ether oxygens (including phenoxy) is 1. The molecule has 0 aliphatic heterocycles. The lowest BCUT2D eigenvalue weighted by Gasteiger charge is -2.06. The van der Waals surface area contributed by atoms with E-state index in [4.69, 9.17) is 0 Å². The van der Waals surface area contributed by atoms with Crippen molar-refractivity contribution in [2.24, 2.45) is 0 Å². The highest BCUT2D eigenvalue weighted by Gasteiger charge is 2.04. The highest BCUT2D eigenvalue weighted by molar-refractivity contribution is 8.08. The Hall–Kier alpha value is -1.22. The lowest BCUT2D eigenvalue weighted by atomic mass is 10.2. The Balaban J connectivity index is 2.87. The molecule has 86 valence electrons. The normalized spacial score (nSPS) is 11.2. The van der Waals surface area contributed by atoms with Crippen LogP contribution in [0.2, 0.25) is 0 Å². The lowest BCUT2D eigenvalue weighted by Crippen LogP contribution is -1.96. The molecule has 0 N–H and O–H groups in total. The molecule has 0 bridgehead atoms. The summed E-state index contributed by atoms with van der Waals surface area (Å²) in [5.74, 6) is 0.694. The predicted octanol–water partition coefficient (Wildman–Crippen LogP) is 3.34. The molecule has 0 aliphatic carbocycles. The molecule has 0 fully saturated rings. The van der Waals surface area contributed by atoms with E-state index < -0.39 is 0 Å².